The number of sulfonamides is 1. The fourth-order valence-electron chi connectivity index (χ4n) is 2.47. The summed E-state index contributed by atoms with van der Waals surface area (Å²) in [5.41, 5.74) is 0.555. The van der Waals surface area contributed by atoms with E-state index in [0.717, 1.165) is 11.3 Å². The number of rotatable bonds is 3. The highest BCUT2D eigenvalue weighted by molar-refractivity contribution is 7.89. The van der Waals surface area contributed by atoms with E-state index in [9.17, 15) is 13.2 Å². The maximum atomic E-state index is 12.9. The van der Waals surface area contributed by atoms with Crippen molar-refractivity contribution in [1.29, 1.82) is 0 Å². The molecule has 7 nitrogen and oxygen atoms in total. The zero-order chi connectivity index (χ0) is 15.9. The summed E-state index contributed by atoms with van der Waals surface area (Å²) < 4.78 is 33.8. The highest BCUT2D eigenvalue weighted by Crippen LogP contribution is 2.31. The van der Waals surface area contributed by atoms with Crippen molar-refractivity contribution in [3.8, 4) is 0 Å². The summed E-state index contributed by atoms with van der Waals surface area (Å²) in [4.78, 5) is 16.2. The highest BCUT2D eigenvalue weighted by atomic mass is 32.2. The van der Waals surface area contributed by atoms with Gasteiger partial charge >= 0.3 is 5.97 Å². The number of nitrogens with zero attached hydrogens (tertiary/aromatic N) is 3. The molecule has 1 aliphatic rings. The van der Waals surface area contributed by atoms with Gasteiger partial charge in [-0.05, 0) is 17.9 Å². The maximum Gasteiger partial charge on any atom is 0.349 e. The van der Waals surface area contributed by atoms with Crippen molar-refractivity contribution in [1.82, 2.24) is 13.9 Å². The summed E-state index contributed by atoms with van der Waals surface area (Å²) >= 11 is 1.09. The van der Waals surface area contributed by atoms with E-state index in [1.54, 1.807) is 18.5 Å². The quantitative estimate of drug-likeness (QED) is 0.785. The molecule has 2 aromatic heterocycles. The van der Waals surface area contributed by atoms with Gasteiger partial charge in [-0.1, -0.05) is 0 Å². The third-order valence-electron chi connectivity index (χ3n) is 3.60. The number of aryl methyl sites for hydroxylation is 1. The van der Waals surface area contributed by atoms with Crippen LogP contribution in [0, 0.1) is 6.92 Å². The Hall–Kier alpha value is -1.71. The number of hydrogen-bond donors (Lipinski definition) is 0. The summed E-state index contributed by atoms with van der Waals surface area (Å²) in [6, 6.07) is 0. The van der Waals surface area contributed by atoms with Gasteiger partial charge in [0.15, 0.2) is 0 Å². The van der Waals surface area contributed by atoms with Crippen molar-refractivity contribution in [2.24, 2.45) is 0 Å². The van der Waals surface area contributed by atoms with Crippen LogP contribution in [0.4, 0.5) is 0 Å². The van der Waals surface area contributed by atoms with Crippen LogP contribution in [0.1, 0.15) is 21.1 Å². The molecule has 0 fully saturated rings. The monoisotopic (exact) mass is 341 g/mol. The largest absolute Gasteiger partial charge is 0.465 e. The van der Waals surface area contributed by atoms with Gasteiger partial charge in [-0.15, -0.1) is 11.3 Å². The van der Waals surface area contributed by atoms with Crippen molar-refractivity contribution in [3.05, 3.63) is 34.0 Å². The van der Waals surface area contributed by atoms with Crippen LogP contribution < -0.4 is 0 Å². The summed E-state index contributed by atoms with van der Waals surface area (Å²) in [6.07, 6.45) is 3.48. The van der Waals surface area contributed by atoms with E-state index in [1.807, 2.05) is 10.8 Å². The van der Waals surface area contributed by atoms with Gasteiger partial charge in [-0.3, -0.25) is 0 Å². The molecule has 2 aromatic rings. The number of imidazole rings is 1. The number of carbonyl (C=O) groups is 1. The fraction of sp³-hybridized carbons (Fsp3) is 0.385. The number of thiophene rings is 1. The van der Waals surface area contributed by atoms with Crippen LogP contribution in [0.2, 0.25) is 0 Å². The molecule has 0 aromatic carbocycles. The molecule has 22 heavy (non-hydrogen) atoms. The number of aromatic nitrogens is 2. The van der Waals surface area contributed by atoms with Crippen LogP contribution in [0.15, 0.2) is 22.7 Å². The molecule has 118 valence electrons. The van der Waals surface area contributed by atoms with Gasteiger partial charge in [0.1, 0.15) is 15.6 Å². The first-order chi connectivity index (χ1) is 10.4. The van der Waals surface area contributed by atoms with Gasteiger partial charge in [0.2, 0.25) is 10.0 Å². The molecule has 0 aliphatic carbocycles. The zero-order valence-electron chi connectivity index (χ0n) is 12.1. The lowest BCUT2D eigenvalue weighted by molar-refractivity contribution is 0.0602. The van der Waals surface area contributed by atoms with Crippen LogP contribution in [-0.2, 0) is 27.8 Å². The van der Waals surface area contributed by atoms with Crippen LogP contribution in [0.25, 0.3) is 0 Å². The normalized spacial score (nSPS) is 15.5. The molecule has 9 heteroatoms. The maximum absolute atomic E-state index is 12.9. The van der Waals surface area contributed by atoms with Crippen LogP contribution >= 0.6 is 11.3 Å². The number of carbonyl (C=O) groups excluding carboxylic acids is 1. The molecule has 0 atom stereocenters. The Morgan fingerprint density at radius 2 is 2.18 bits per heavy atom. The zero-order valence-corrected chi connectivity index (χ0v) is 13.8. The predicted molar refractivity (Wildman–Crippen MR) is 80.2 cm³/mol. The number of fused-ring (bicyclic) bond motifs is 1. The molecule has 3 rings (SSSR count). The Balaban J connectivity index is 2.01. The first kappa shape index (κ1) is 15.2. The average molecular weight is 341 g/mol. The Labute approximate surface area is 132 Å². The van der Waals surface area contributed by atoms with Crippen molar-refractivity contribution in [2.75, 3.05) is 13.7 Å². The summed E-state index contributed by atoms with van der Waals surface area (Å²) in [5, 5.41) is 1.66. The lowest BCUT2D eigenvalue weighted by atomic mass is 10.3. The molecule has 0 bridgehead atoms. The van der Waals surface area contributed by atoms with Crippen LogP contribution in [-0.4, -0.2) is 41.9 Å². The van der Waals surface area contributed by atoms with E-state index in [-0.39, 0.29) is 16.3 Å². The van der Waals surface area contributed by atoms with Crippen LogP contribution in [0.5, 0.6) is 0 Å². The molecule has 0 saturated heterocycles. The minimum absolute atomic E-state index is 0.0457. The second-order valence-electron chi connectivity index (χ2n) is 4.94. The fourth-order valence-corrected chi connectivity index (χ4v) is 5.52. The second kappa shape index (κ2) is 5.49. The van der Waals surface area contributed by atoms with E-state index in [0.29, 0.717) is 24.5 Å². The van der Waals surface area contributed by atoms with Crippen molar-refractivity contribution >= 4 is 27.3 Å². The molecule has 0 spiro atoms. The molecule has 0 amide bonds. The summed E-state index contributed by atoms with van der Waals surface area (Å²) in [5.74, 6) is 0.0671. The number of methoxy groups -OCH3 is 1. The van der Waals surface area contributed by atoms with E-state index in [1.165, 1.54) is 11.4 Å². The summed E-state index contributed by atoms with van der Waals surface area (Å²) in [6.45, 7) is 2.78. The van der Waals surface area contributed by atoms with Gasteiger partial charge < -0.3 is 9.30 Å². The SMILES string of the molecule is COC(=O)c1scc(C)c1S(=O)(=O)N1CCn2ccnc2C1. The van der Waals surface area contributed by atoms with Crippen molar-refractivity contribution in [3.63, 3.8) is 0 Å². The van der Waals surface area contributed by atoms with E-state index in [4.69, 9.17) is 0 Å². The minimum Gasteiger partial charge on any atom is -0.465 e. The Kier molecular flexibility index (Phi) is 3.79. The third kappa shape index (κ3) is 2.34. The number of hydrogen-bond acceptors (Lipinski definition) is 6. The Morgan fingerprint density at radius 3 is 2.91 bits per heavy atom. The predicted octanol–water partition coefficient (Wildman–Crippen LogP) is 1.24. The molecule has 0 N–H and O–H groups in total. The van der Waals surface area contributed by atoms with Crippen LogP contribution in [0.3, 0.4) is 0 Å². The molecule has 0 unspecified atom stereocenters. The Bertz CT molecular complexity index is 822. The Morgan fingerprint density at radius 1 is 1.41 bits per heavy atom. The smallest absolute Gasteiger partial charge is 0.349 e. The highest BCUT2D eigenvalue weighted by Gasteiger charge is 2.34. The third-order valence-corrected chi connectivity index (χ3v) is 6.84. The number of esters is 1. The summed E-state index contributed by atoms with van der Waals surface area (Å²) in [7, 11) is -2.52. The van der Waals surface area contributed by atoms with Gasteiger partial charge in [0, 0.05) is 25.5 Å². The standard InChI is InChI=1S/C13H15N3O4S2/c1-9-8-21-11(13(17)20-2)12(9)22(18,19)16-6-5-15-4-3-14-10(15)7-16/h3-4,8H,5-7H2,1-2H3. The number of ether oxygens (including phenoxy) is 1. The van der Waals surface area contributed by atoms with Gasteiger partial charge in [-0.25, -0.2) is 18.2 Å². The van der Waals surface area contributed by atoms with Gasteiger partial charge in [-0.2, -0.15) is 4.31 Å². The van der Waals surface area contributed by atoms with E-state index in [2.05, 4.69) is 9.72 Å². The van der Waals surface area contributed by atoms with E-state index < -0.39 is 16.0 Å². The van der Waals surface area contributed by atoms with E-state index >= 15 is 0 Å². The minimum atomic E-state index is -3.77. The first-order valence-corrected chi connectivity index (χ1v) is 8.93. The van der Waals surface area contributed by atoms with Gasteiger partial charge in [0.25, 0.3) is 0 Å². The lowest BCUT2D eigenvalue weighted by Gasteiger charge is -2.27. The van der Waals surface area contributed by atoms with Crippen molar-refractivity contribution < 1.29 is 17.9 Å². The topological polar surface area (TPSA) is 81.5 Å². The molecular formula is C13H15N3O4S2. The molecule has 0 saturated carbocycles. The first-order valence-electron chi connectivity index (χ1n) is 6.61. The average Bonchev–Trinajstić information content (AvgIpc) is 3.11. The molecular weight excluding hydrogens is 326 g/mol. The molecule has 1 aliphatic heterocycles. The molecule has 0 radical (unpaired) electrons. The molecule has 3 heterocycles. The second-order valence-corrected chi connectivity index (χ2v) is 7.70. The van der Waals surface area contributed by atoms with Gasteiger partial charge in [0.05, 0.1) is 13.7 Å². The van der Waals surface area contributed by atoms with Crippen molar-refractivity contribution in [2.45, 2.75) is 24.9 Å². The lowest BCUT2D eigenvalue weighted by Crippen LogP contribution is -2.38.